The largest absolute Gasteiger partial charge is 0.477 e. The summed E-state index contributed by atoms with van der Waals surface area (Å²) in [7, 11) is 0. The lowest BCUT2D eigenvalue weighted by atomic mass is 9.93. The van der Waals surface area contributed by atoms with Crippen molar-refractivity contribution in [1.29, 1.82) is 0 Å². The van der Waals surface area contributed by atoms with Crippen LogP contribution in [0.3, 0.4) is 0 Å². The number of hydrogen-bond acceptors (Lipinski definition) is 10. The molecular weight excluding hydrogens is 316 g/mol. The molecule has 6 N–H and O–H groups in total. The molecule has 3 atom stereocenters. The van der Waals surface area contributed by atoms with Crippen LogP contribution >= 0.6 is 0 Å². The van der Waals surface area contributed by atoms with E-state index in [1.165, 1.54) is 0 Å². The van der Waals surface area contributed by atoms with E-state index in [0.29, 0.717) is 0 Å². The minimum Gasteiger partial charge on any atom is -0.477 e. The Bertz CT molecular complexity index is 579. The number of fused-ring (bicyclic) bond motifs is 3. The van der Waals surface area contributed by atoms with Crippen molar-refractivity contribution >= 4 is 23.9 Å². The number of aliphatic carboxylic acids is 1. The molecule has 128 valence electrons. The van der Waals surface area contributed by atoms with Crippen LogP contribution in [0.25, 0.3) is 0 Å². The van der Waals surface area contributed by atoms with Gasteiger partial charge in [0.2, 0.25) is 0 Å². The number of nitrogens with two attached hydrogens (primary N) is 2. The van der Waals surface area contributed by atoms with Gasteiger partial charge in [0, 0.05) is 6.42 Å². The molecule has 3 unspecified atom stereocenters. The molecule has 0 aromatic rings. The Balaban J connectivity index is 2.65. The summed E-state index contributed by atoms with van der Waals surface area (Å²) in [6.45, 7) is 0.0186. The Hall–Kier alpha value is -2.24. The summed E-state index contributed by atoms with van der Waals surface area (Å²) < 4.78 is 14.6. The van der Waals surface area contributed by atoms with Crippen LogP contribution in [0.1, 0.15) is 25.7 Å². The van der Waals surface area contributed by atoms with Crippen molar-refractivity contribution in [2.75, 3.05) is 6.54 Å². The van der Waals surface area contributed by atoms with Crippen molar-refractivity contribution < 1.29 is 43.6 Å². The summed E-state index contributed by atoms with van der Waals surface area (Å²) in [6.07, 6.45) is -2.31. The number of aliphatic hydroxyl groups is 1. The van der Waals surface area contributed by atoms with Crippen LogP contribution in [0.2, 0.25) is 0 Å². The third kappa shape index (κ3) is 2.62. The lowest BCUT2D eigenvalue weighted by molar-refractivity contribution is -0.299. The van der Waals surface area contributed by atoms with Crippen molar-refractivity contribution in [2.45, 2.75) is 42.8 Å². The van der Waals surface area contributed by atoms with Crippen molar-refractivity contribution in [2.24, 2.45) is 11.5 Å². The summed E-state index contributed by atoms with van der Waals surface area (Å²) >= 11 is 0. The highest BCUT2D eigenvalue weighted by molar-refractivity contribution is 5.94. The fourth-order valence-corrected chi connectivity index (χ4v) is 2.44. The zero-order chi connectivity index (χ0) is 17.5. The minimum absolute atomic E-state index is 0.0186. The van der Waals surface area contributed by atoms with Gasteiger partial charge < -0.3 is 30.2 Å². The van der Waals surface area contributed by atoms with E-state index in [1.54, 1.807) is 0 Å². The van der Waals surface area contributed by atoms with E-state index < -0.39 is 60.3 Å². The second-order valence-electron chi connectivity index (χ2n) is 5.41. The van der Waals surface area contributed by atoms with Crippen LogP contribution in [0.15, 0.2) is 0 Å². The second-order valence-corrected chi connectivity index (χ2v) is 5.41. The van der Waals surface area contributed by atoms with Gasteiger partial charge in [0.15, 0.2) is 5.60 Å². The van der Waals surface area contributed by atoms with Crippen LogP contribution in [0.4, 0.5) is 0 Å². The highest BCUT2D eigenvalue weighted by atomic mass is 16.8. The van der Waals surface area contributed by atoms with Gasteiger partial charge in [0.25, 0.3) is 0 Å². The normalized spacial score (nSPS) is 37.1. The molecule has 2 aliphatic rings. The van der Waals surface area contributed by atoms with Gasteiger partial charge in [-0.2, -0.15) is 0 Å². The van der Waals surface area contributed by atoms with E-state index in [0.717, 1.165) is 0 Å². The first-order valence-corrected chi connectivity index (χ1v) is 6.70. The number of carboxylic acids is 1. The number of esters is 3. The lowest BCUT2D eigenvalue weighted by Crippen LogP contribution is -2.71. The average Bonchev–Trinajstić information content (AvgIpc) is 2.49. The van der Waals surface area contributed by atoms with E-state index in [9.17, 15) is 29.4 Å². The van der Waals surface area contributed by atoms with Crippen molar-refractivity contribution in [3.63, 3.8) is 0 Å². The molecule has 2 saturated heterocycles. The molecule has 2 rings (SSSR count). The maximum Gasteiger partial charge on any atom is 0.372 e. The Morgan fingerprint density at radius 3 is 2.22 bits per heavy atom. The van der Waals surface area contributed by atoms with Gasteiger partial charge in [-0.25, -0.2) is 9.59 Å². The molecular formula is C12H16N2O9. The number of hydrogen-bond donors (Lipinski definition) is 4. The number of cyclic esters (lactones) is 1. The SMILES string of the molecule is NCCCC12OC(=O)CC(O)(CC(=O)OC1(N)C(=O)O)C(=O)O2. The molecule has 0 aliphatic carbocycles. The average molecular weight is 332 g/mol. The molecule has 0 aromatic heterocycles. The van der Waals surface area contributed by atoms with Crippen LogP contribution in [-0.4, -0.2) is 57.7 Å². The summed E-state index contributed by atoms with van der Waals surface area (Å²) in [6, 6.07) is 0. The van der Waals surface area contributed by atoms with Crippen LogP contribution in [0.5, 0.6) is 0 Å². The first-order chi connectivity index (χ1) is 10.6. The van der Waals surface area contributed by atoms with E-state index in [4.69, 9.17) is 25.7 Å². The molecule has 0 spiro atoms. The van der Waals surface area contributed by atoms with Gasteiger partial charge in [0.1, 0.15) is 0 Å². The third-order valence-electron chi connectivity index (χ3n) is 3.66. The summed E-state index contributed by atoms with van der Waals surface area (Å²) in [4.78, 5) is 47.5. The fraction of sp³-hybridized carbons (Fsp3) is 0.667. The maximum absolute atomic E-state index is 12.1. The maximum atomic E-state index is 12.1. The molecule has 23 heavy (non-hydrogen) atoms. The number of carbonyl (C=O) groups excluding carboxylic acids is 3. The molecule has 11 heteroatoms. The zero-order valence-electron chi connectivity index (χ0n) is 11.9. The van der Waals surface area contributed by atoms with E-state index in [1.807, 2.05) is 0 Å². The predicted molar refractivity (Wildman–Crippen MR) is 68.0 cm³/mol. The molecule has 11 nitrogen and oxygen atoms in total. The van der Waals surface area contributed by atoms with Gasteiger partial charge in [-0.1, -0.05) is 0 Å². The number of carboxylic acid groups (broad SMARTS) is 1. The smallest absolute Gasteiger partial charge is 0.372 e. The lowest BCUT2D eigenvalue weighted by Gasteiger charge is -2.42. The van der Waals surface area contributed by atoms with Gasteiger partial charge in [0.05, 0.1) is 12.8 Å². The molecule has 0 amide bonds. The molecule has 2 bridgehead atoms. The Morgan fingerprint density at radius 1 is 1.13 bits per heavy atom. The van der Waals surface area contributed by atoms with Crippen LogP contribution in [-0.2, 0) is 33.4 Å². The summed E-state index contributed by atoms with van der Waals surface area (Å²) in [5.74, 6) is -8.37. The molecule has 2 heterocycles. The Morgan fingerprint density at radius 2 is 1.70 bits per heavy atom. The highest BCUT2D eigenvalue weighted by Gasteiger charge is 2.69. The molecule has 0 radical (unpaired) electrons. The van der Waals surface area contributed by atoms with E-state index in [2.05, 4.69) is 0 Å². The monoisotopic (exact) mass is 332 g/mol. The first kappa shape index (κ1) is 17.1. The number of carbonyl (C=O) groups is 4. The first-order valence-electron chi connectivity index (χ1n) is 6.70. The summed E-state index contributed by atoms with van der Waals surface area (Å²) in [5.41, 5.74) is 5.49. The van der Waals surface area contributed by atoms with Crippen LogP contribution in [0, 0.1) is 0 Å². The van der Waals surface area contributed by atoms with E-state index in [-0.39, 0.29) is 13.0 Å². The topological polar surface area (TPSA) is 188 Å². The quantitative estimate of drug-likeness (QED) is 0.393. The van der Waals surface area contributed by atoms with Crippen molar-refractivity contribution in [1.82, 2.24) is 0 Å². The highest BCUT2D eigenvalue weighted by Crippen LogP contribution is 2.41. The van der Waals surface area contributed by atoms with Crippen LogP contribution < -0.4 is 11.5 Å². The number of ether oxygens (including phenoxy) is 3. The molecule has 2 aliphatic heterocycles. The predicted octanol–water partition coefficient (Wildman–Crippen LogP) is -2.67. The number of rotatable bonds is 4. The van der Waals surface area contributed by atoms with Crippen molar-refractivity contribution in [3.8, 4) is 0 Å². The summed E-state index contributed by atoms with van der Waals surface area (Å²) in [5, 5.41) is 19.5. The van der Waals surface area contributed by atoms with Gasteiger partial charge >= 0.3 is 35.4 Å². The van der Waals surface area contributed by atoms with Crippen molar-refractivity contribution in [3.05, 3.63) is 0 Å². The third-order valence-corrected chi connectivity index (χ3v) is 3.66. The molecule has 0 saturated carbocycles. The standard InChI is InChI=1S/C12H16N2O9/c13-3-1-2-11-12(14,8(17)18)22-7(16)5-10(20,9(19)23-11)4-6(15)21-11/h20H,1-5,13-14H2,(H,17,18). The molecule has 0 aromatic carbocycles. The van der Waals surface area contributed by atoms with E-state index >= 15 is 0 Å². The Labute approximate surface area is 129 Å². The minimum atomic E-state index is -2.98. The fourth-order valence-electron chi connectivity index (χ4n) is 2.44. The Kier molecular flexibility index (Phi) is 4.05. The van der Waals surface area contributed by atoms with Gasteiger partial charge in [-0.05, 0) is 13.0 Å². The van der Waals surface area contributed by atoms with Gasteiger partial charge in [-0.15, -0.1) is 0 Å². The second kappa shape index (κ2) is 5.44. The molecule has 2 fully saturated rings. The zero-order valence-corrected chi connectivity index (χ0v) is 11.9. The van der Waals surface area contributed by atoms with Gasteiger partial charge in [-0.3, -0.25) is 15.3 Å².